The van der Waals surface area contributed by atoms with Gasteiger partial charge in [0.1, 0.15) is 23.4 Å². The SMILES string of the molecule is CCC(=N)N(C[C@@]1(N2CCNCC2)CCOC(C)(C)C1)c1cccc(C#N)n1. The van der Waals surface area contributed by atoms with Crippen molar-refractivity contribution in [2.24, 2.45) is 0 Å². The van der Waals surface area contributed by atoms with E-state index in [1.807, 2.05) is 24.0 Å². The molecule has 28 heavy (non-hydrogen) atoms. The van der Waals surface area contributed by atoms with Crippen LogP contribution in [0.2, 0.25) is 0 Å². The van der Waals surface area contributed by atoms with Crippen molar-refractivity contribution in [3.8, 4) is 6.07 Å². The van der Waals surface area contributed by atoms with Gasteiger partial charge in [-0.05, 0) is 38.8 Å². The van der Waals surface area contributed by atoms with E-state index in [0.717, 1.165) is 45.6 Å². The molecule has 0 saturated carbocycles. The second-order valence-corrected chi connectivity index (χ2v) is 8.38. The van der Waals surface area contributed by atoms with Gasteiger partial charge in [-0.3, -0.25) is 10.3 Å². The molecule has 1 aromatic rings. The lowest BCUT2D eigenvalue weighted by molar-refractivity contribution is -0.119. The summed E-state index contributed by atoms with van der Waals surface area (Å²) in [4.78, 5) is 9.09. The van der Waals surface area contributed by atoms with Crippen molar-refractivity contribution in [1.82, 2.24) is 15.2 Å². The third-order valence-electron chi connectivity index (χ3n) is 5.84. The molecule has 2 saturated heterocycles. The highest BCUT2D eigenvalue weighted by Crippen LogP contribution is 2.38. The van der Waals surface area contributed by atoms with Crippen LogP contribution in [-0.4, -0.2) is 66.2 Å². The molecule has 3 rings (SSSR count). The average molecular weight is 385 g/mol. The summed E-state index contributed by atoms with van der Waals surface area (Å²) in [5, 5.41) is 21.3. The number of hydrogen-bond donors (Lipinski definition) is 2. The summed E-state index contributed by atoms with van der Waals surface area (Å²) >= 11 is 0. The number of hydrogen-bond acceptors (Lipinski definition) is 6. The minimum absolute atomic E-state index is 0.0877. The van der Waals surface area contributed by atoms with Crippen LogP contribution in [0.5, 0.6) is 0 Å². The van der Waals surface area contributed by atoms with Crippen molar-refractivity contribution in [3.63, 3.8) is 0 Å². The van der Waals surface area contributed by atoms with Crippen LogP contribution in [0.1, 0.15) is 45.7 Å². The lowest BCUT2D eigenvalue weighted by atomic mass is 9.78. The predicted molar refractivity (Wildman–Crippen MR) is 111 cm³/mol. The zero-order chi connectivity index (χ0) is 20.2. The number of ether oxygens (including phenoxy) is 1. The first-order chi connectivity index (χ1) is 13.4. The molecule has 0 unspecified atom stereocenters. The number of pyridine rings is 1. The molecule has 3 heterocycles. The fourth-order valence-corrected chi connectivity index (χ4v) is 4.53. The number of piperazine rings is 1. The minimum atomic E-state index is -0.203. The first-order valence-corrected chi connectivity index (χ1v) is 10.2. The van der Waals surface area contributed by atoms with Crippen LogP contribution in [0.25, 0.3) is 0 Å². The Hall–Kier alpha value is -2.01. The Morgan fingerprint density at radius 2 is 2.14 bits per heavy atom. The van der Waals surface area contributed by atoms with Gasteiger partial charge in [0.2, 0.25) is 0 Å². The first-order valence-electron chi connectivity index (χ1n) is 10.2. The zero-order valence-electron chi connectivity index (χ0n) is 17.3. The topological polar surface area (TPSA) is 88.3 Å². The van der Waals surface area contributed by atoms with E-state index in [4.69, 9.17) is 10.1 Å². The Morgan fingerprint density at radius 1 is 1.39 bits per heavy atom. The van der Waals surface area contributed by atoms with E-state index in [1.165, 1.54) is 0 Å². The fraction of sp³-hybridized carbons (Fsp3) is 0.667. The van der Waals surface area contributed by atoms with Gasteiger partial charge in [0.05, 0.1) is 5.60 Å². The number of nitrogens with one attached hydrogen (secondary N) is 2. The van der Waals surface area contributed by atoms with Crippen molar-refractivity contribution >= 4 is 11.7 Å². The zero-order valence-corrected chi connectivity index (χ0v) is 17.3. The maximum Gasteiger partial charge on any atom is 0.142 e. The summed E-state index contributed by atoms with van der Waals surface area (Å²) in [5.74, 6) is 1.21. The monoisotopic (exact) mass is 384 g/mol. The van der Waals surface area contributed by atoms with Gasteiger partial charge >= 0.3 is 0 Å². The van der Waals surface area contributed by atoms with Gasteiger partial charge in [-0.1, -0.05) is 13.0 Å². The van der Waals surface area contributed by atoms with Gasteiger partial charge in [0.15, 0.2) is 0 Å². The Morgan fingerprint density at radius 3 is 2.79 bits per heavy atom. The average Bonchev–Trinajstić information content (AvgIpc) is 2.71. The highest BCUT2D eigenvalue weighted by atomic mass is 16.5. The van der Waals surface area contributed by atoms with Gasteiger partial charge < -0.3 is 15.0 Å². The van der Waals surface area contributed by atoms with Crippen LogP contribution in [0, 0.1) is 16.7 Å². The normalized spacial score (nSPS) is 25.1. The molecule has 2 N–H and O–H groups in total. The van der Waals surface area contributed by atoms with Gasteiger partial charge in [-0.2, -0.15) is 5.26 Å². The molecular formula is C21H32N6O. The van der Waals surface area contributed by atoms with E-state index >= 15 is 0 Å². The molecule has 0 amide bonds. The molecule has 0 aliphatic carbocycles. The summed E-state index contributed by atoms with van der Waals surface area (Å²) in [6.07, 6.45) is 2.46. The van der Waals surface area contributed by atoms with Gasteiger partial charge in [0.25, 0.3) is 0 Å². The molecule has 2 aliphatic rings. The molecular weight excluding hydrogens is 352 g/mol. The van der Waals surface area contributed by atoms with E-state index in [2.05, 4.69) is 35.1 Å². The Kier molecular flexibility index (Phi) is 6.33. The standard InChI is InChI=1S/C21H32N6O/c1-4-18(23)27(19-7-5-6-17(14-22)25-19)16-21(26-11-9-24-10-12-26)8-13-28-20(2,3)15-21/h5-7,23-24H,4,8-13,15-16H2,1-3H3/t21-/m1/s1. The maximum atomic E-state index is 9.27. The molecule has 0 bridgehead atoms. The molecule has 1 aromatic heterocycles. The minimum Gasteiger partial charge on any atom is -0.375 e. The van der Waals surface area contributed by atoms with Crippen molar-refractivity contribution in [2.45, 2.75) is 51.2 Å². The number of nitrogens with zero attached hydrogens (tertiary/aromatic N) is 4. The Bertz CT molecular complexity index is 737. The van der Waals surface area contributed by atoms with Crippen LogP contribution in [0.4, 0.5) is 5.82 Å². The second-order valence-electron chi connectivity index (χ2n) is 8.38. The van der Waals surface area contributed by atoms with Crippen LogP contribution >= 0.6 is 0 Å². The van der Waals surface area contributed by atoms with Crippen LogP contribution in [0.3, 0.4) is 0 Å². The molecule has 152 valence electrons. The largest absolute Gasteiger partial charge is 0.375 e. The number of aromatic nitrogens is 1. The highest BCUT2D eigenvalue weighted by Gasteiger charge is 2.46. The summed E-state index contributed by atoms with van der Waals surface area (Å²) < 4.78 is 6.05. The molecule has 2 aliphatic heterocycles. The summed E-state index contributed by atoms with van der Waals surface area (Å²) in [6, 6.07) is 7.58. The van der Waals surface area contributed by atoms with E-state index < -0.39 is 0 Å². The van der Waals surface area contributed by atoms with Gasteiger partial charge in [-0.15, -0.1) is 0 Å². The molecule has 0 spiro atoms. The van der Waals surface area contributed by atoms with Crippen molar-refractivity contribution in [3.05, 3.63) is 23.9 Å². The van der Waals surface area contributed by atoms with Crippen molar-refractivity contribution in [1.29, 1.82) is 10.7 Å². The number of anilines is 1. The molecule has 2 fully saturated rings. The number of amidine groups is 1. The smallest absolute Gasteiger partial charge is 0.142 e. The first kappa shape index (κ1) is 20.7. The predicted octanol–water partition coefficient (Wildman–Crippen LogP) is 2.38. The Balaban J connectivity index is 1.97. The van der Waals surface area contributed by atoms with E-state index in [-0.39, 0.29) is 11.1 Å². The summed E-state index contributed by atoms with van der Waals surface area (Å²) in [6.45, 7) is 11.7. The lowest BCUT2D eigenvalue weighted by Gasteiger charge is -2.54. The number of rotatable bonds is 5. The molecule has 0 aromatic carbocycles. The molecule has 7 nitrogen and oxygen atoms in total. The van der Waals surface area contributed by atoms with E-state index in [0.29, 0.717) is 30.3 Å². The third-order valence-corrected chi connectivity index (χ3v) is 5.84. The molecule has 0 radical (unpaired) electrons. The van der Waals surface area contributed by atoms with Gasteiger partial charge in [-0.25, -0.2) is 4.98 Å². The highest BCUT2D eigenvalue weighted by molar-refractivity contribution is 5.94. The molecule has 1 atom stereocenters. The van der Waals surface area contributed by atoms with E-state index in [1.54, 1.807) is 6.07 Å². The lowest BCUT2D eigenvalue weighted by Crippen LogP contribution is -2.65. The second kappa shape index (κ2) is 8.56. The third kappa shape index (κ3) is 4.52. The summed E-state index contributed by atoms with van der Waals surface area (Å²) in [5.41, 5.74) is 0.0933. The van der Waals surface area contributed by atoms with Crippen molar-refractivity contribution < 1.29 is 4.74 Å². The fourth-order valence-electron chi connectivity index (χ4n) is 4.53. The van der Waals surface area contributed by atoms with Crippen LogP contribution < -0.4 is 10.2 Å². The van der Waals surface area contributed by atoms with Crippen LogP contribution in [-0.2, 0) is 4.74 Å². The van der Waals surface area contributed by atoms with E-state index in [9.17, 15) is 5.26 Å². The van der Waals surface area contributed by atoms with Crippen molar-refractivity contribution in [2.75, 3.05) is 44.2 Å². The summed E-state index contributed by atoms with van der Waals surface area (Å²) in [7, 11) is 0. The Labute approximate surface area is 168 Å². The van der Waals surface area contributed by atoms with Gasteiger partial charge in [0, 0.05) is 51.3 Å². The molecule has 7 heteroatoms. The maximum absolute atomic E-state index is 9.27. The number of nitriles is 1. The van der Waals surface area contributed by atoms with Crippen LogP contribution in [0.15, 0.2) is 18.2 Å². The quantitative estimate of drug-likeness (QED) is 0.599.